The van der Waals surface area contributed by atoms with Crippen LogP contribution in [-0.4, -0.2) is 48.6 Å². The fourth-order valence-electron chi connectivity index (χ4n) is 3.25. The van der Waals surface area contributed by atoms with Gasteiger partial charge >= 0.3 is 0 Å². The van der Waals surface area contributed by atoms with Crippen LogP contribution in [0.25, 0.3) is 0 Å². The zero-order valence-corrected chi connectivity index (χ0v) is 19.1. The number of aryl methyl sites for hydroxylation is 2. The lowest BCUT2D eigenvalue weighted by Crippen LogP contribution is -2.38. The highest BCUT2D eigenvalue weighted by atomic mass is 127. The van der Waals surface area contributed by atoms with Gasteiger partial charge in [-0.15, -0.1) is 24.0 Å². The molecule has 0 saturated carbocycles. The van der Waals surface area contributed by atoms with Gasteiger partial charge in [-0.1, -0.05) is 6.92 Å². The van der Waals surface area contributed by atoms with Crippen LogP contribution in [0.4, 0.5) is 0 Å². The van der Waals surface area contributed by atoms with E-state index < -0.39 is 0 Å². The van der Waals surface area contributed by atoms with Gasteiger partial charge in [0.1, 0.15) is 12.3 Å². The van der Waals surface area contributed by atoms with Gasteiger partial charge in [0.25, 0.3) is 0 Å². The number of halogens is 1. The summed E-state index contributed by atoms with van der Waals surface area (Å²) < 4.78 is 5.58. The highest BCUT2D eigenvalue weighted by Gasteiger charge is 2.15. The van der Waals surface area contributed by atoms with E-state index >= 15 is 0 Å². The molecule has 0 spiro atoms. The number of rotatable bonds is 8. The van der Waals surface area contributed by atoms with Crippen molar-refractivity contribution in [3.05, 3.63) is 17.3 Å². The van der Waals surface area contributed by atoms with Crippen molar-refractivity contribution in [3.63, 3.8) is 0 Å². The maximum absolute atomic E-state index is 5.58. The molecule has 1 saturated heterocycles. The highest BCUT2D eigenvalue weighted by molar-refractivity contribution is 14.0. The minimum atomic E-state index is 0. The van der Waals surface area contributed by atoms with E-state index in [2.05, 4.69) is 39.4 Å². The van der Waals surface area contributed by atoms with Gasteiger partial charge in [0.05, 0.1) is 5.69 Å². The van der Waals surface area contributed by atoms with Crippen LogP contribution in [0.3, 0.4) is 0 Å². The molecular formula is C19H36IN5O. The van der Waals surface area contributed by atoms with E-state index in [9.17, 15) is 0 Å². The number of likely N-dealkylation sites (tertiary alicyclic amines) is 1. The summed E-state index contributed by atoms with van der Waals surface area (Å²) in [6.45, 7) is 14.4. The van der Waals surface area contributed by atoms with E-state index in [1.807, 2.05) is 13.8 Å². The number of hydrogen-bond donors (Lipinski definition) is 2. The molecule has 1 unspecified atom stereocenters. The molecule has 26 heavy (non-hydrogen) atoms. The molecule has 2 N–H and O–H groups in total. The molecule has 6 nitrogen and oxygen atoms in total. The van der Waals surface area contributed by atoms with Gasteiger partial charge in [0.2, 0.25) is 5.89 Å². The first-order valence-electron chi connectivity index (χ1n) is 9.76. The fraction of sp³-hybridized carbons (Fsp3) is 0.789. The third-order valence-electron chi connectivity index (χ3n) is 4.72. The molecule has 2 rings (SSSR count). The van der Waals surface area contributed by atoms with Crippen LogP contribution in [0.15, 0.2) is 9.41 Å². The summed E-state index contributed by atoms with van der Waals surface area (Å²) >= 11 is 0. The van der Waals surface area contributed by atoms with Crippen molar-refractivity contribution in [2.75, 3.05) is 32.7 Å². The second-order valence-corrected chi connectivity index (χ2v) is 7.13. The number of aromatic nitrogens is 1. The summed E-state index contributed by atoms with van der Waals surface area (Å²) in [6, 6.07) is 0. The van der Waals surface area contributed by atoms with Crippen molar-refractivity contribution in [1.29, 1.82) is 0 Å². The molecule has 0 amide bonds. The lowest BCUT2D eigenvalue weighted by molar-refractivity contribution is 0.181. The highest BCUT2D eigenvalue weighted by Crippen LogP contribution is 2.15. The Kier molecular flexibility index (Phi) is 11.2. The largest absolute Gasteiger partial charge is 0.444 e. The van der Waals surface area contributed by atoms with Gasteiger partial charge in [-0.3, -0.25) is 0 Å². The zero-order valence-electron chi connectivity index (χ0n) is 16.8. The van der Waals surface area contributed by atoms with Gasteiger partial charge in [0.15, 0.2) is 5.96 Å². The molecule has 7 heteroatoms. The lowest BCUT2D eigenvalue weighted by Gasteiger charge is -2.30. The van der Waals surface area contributed by atoms with Crippen molar-refractivity contribution < 1.29 is 4.42 Å². The number of hydrogen-bond acceptors (Lipinski definition) is 4. The molecule has 0 radical (unpaired) electrons. The van der Waals surface area contributed by atoms with Crippen molar-refractivity contribution >= 4 is 29.9 Å². The molecule has 0 aromatic carbocycles. The van der Waals surface area contributed by atoms with Crippen LogP contribution < -0.4 is 10.6 Å². The van der Waals surface area contributed by atoms with Crippen molar-refractivity contribution in [2.45, 2.75) is 59.9 Å². The Labute approximate surface area is 175 Å². The molecule has 1 atom stereocenters. The number of nitrogens with zero attached hydrogens (tertiary/aromatic N) is 3. The summed E-state index contributed by atoms with van der Waals surface area (Å²) in [6.07, 6.45) is 5.14. The minimum absolute atomic E-state index is 0. The Bertz CT molecular complexity index is 527. The molecule has 1 aromatic heterocycles. The Morgan fingerprint density at radius 1 is 1.31 bits per heavy atom. The molecular weight excluding hydrogens is 441 g/mol. The predicted octanol–water partition coefficient (Wildman–Crippen LogP) is 3.48. The number of unbranched alkanes of at least 4 members (excludes halogenated alkanes) is 1. The Hall–Kier alpha value is -0.830. The maximum atomic E-state index is 5.58. The molecule has 2 heterocycles. The van der Waals surface area contributed by atoms with E-state index in [4.69, 9.17) is 4.42 Å². The van der Waals surface area contributed by atoms with Gasteiger partial charge in [-0.05, 0) is 65.5 Å². The van der Waals surface area contributed by atoms with Crippen molar-refractivity contribution in [1.82, 2.24) is 20.5 Å². The number of oxazole rings is 1. The van der Waals surface area contributed by atoms with Crippen LogP contribution >= 0.6 is 24.0 Å². The summed E-state index contributed by atoms with van der Waals surface area (Å²) in [5, 5.41) is 6.69. The van der Waals surface area contributed by atoms with Gasteiger partial charge in [-0.2, -0.15) is 0 Å². The summed E-state index contributed by atoms with van der Waals surface area (Å²) in [5.74, 6) is 3.24. The first kappa shape index (κ1) is 23.2. The van der Waals surface area contributed by atoms with Gasteiger partial charge in [0, 0.05) is 19.6 Å². The van der Waals surface area contributed by atoms with Crippen LogP contribution in [0.1, 0.15) is 56.9 Å². The fourth-order valence-corrected chi connectivity index (χ4v) is 3.25. The number of aliphatic imine (C=N–C) groups is 1. The van der Waals surface area contributed by atoms with Crippen molar-refractivity contribution in [2.24, 2.45) is 10.9 Å². The zero-order chi connectivity index (χ0) is 18.1. The number of piperidine rings is 1. The normalized spacial score (nSPS) is 18.5. The van der Waals surface area contributed by atoms with E-state index in [-0.39, 0.29) is 24.0 Å². The van der Waals surface area contributed by atoms with E-state index in [1.165, 1.54) is 38.9 Å². The topological polar surface area (TPSA) is 65.7 Å². The van der Waals surface area contributed by atoms with Gasteiger partial charge in [-0.25, -0.2) is 9.98 Å². The quantitative estimate of drug-likeness (QED) is 0.260. The van der Waals surface area contributed by atoms with Crippen LogP contribution in [-0.2, 0) is 6.54 Å². The Morgan fingerprint density at radius 2 is 2.12 bits per heavy atom. The van der Waals surface area contributed by atoms with Crippen molar-refractivity contribution in [3.8, 4) is 0 Å². The molecule has 1 aliphatic rings. The summed E-state index contributed by atoms with van der Waals surface area (Å²) in [7, 11) is 0. The first-order chi connectivity index (χ1) is 12.1. The second-order valence-electron chi connectivity index (χ2n) is 7.13. The Balaban J connectivity index is 0.00000338. The van der Waals surface area contributed by atoms with Crippen LogP contribution in [0, 0.1) is 19.8 Å². The molecule has 1 fully saturated rings. The minimum Gasteiger partial charge on any atom is -0.444 e. The van der Waals surface area contributed by atoms with E-state index in [1.54, 1.807) is 0 Å². The molecule has 150 valence electrons. The van der Waals surface area contributed by atoms with E-state index in [0.29, 0.717) is 12.4 Å². The third kappa shape index (κ3) is 8.24. The predicted molar refractivity (Wildman–Crippen MR) is 118 cm³/mol. The Morgan fingerprint density at radius 3 is 2.77 bits per heavy atom. The second kappa shape index (κ2) is 12.5. The third-order valence-corrected chi connectivity index (χ3v) is 4.72. The summed E-state index contributed by atoms with van der Waals surface area (Å²) in [5.41, 5.74) is 0.940. The average molecular weight is 477 g/mol. The SMILES string of the molecule is CCNC(=NCc1nc(C)c(C)o1)NCCCCN1CCCC(C)C1.I. The average Bonchev–Trinajstić information content (AvgIpc) is 2.90. The smallest absolute Gasteiger partial charge is 0.216 e. The molecule has 1 aliphatic heterocycles. The van der Waals surface area contributed by atoms with Gasteiger partial charge < -0.3 is 20.0 Å². The molecule has 0 bridgehead atoms. The maximum Gasteiger partial charge on any atom is 0.216 e. The first-order valence-corrected chi connectivity index (χ1v) is 9.76. The monoisotopic (exact) mass is 477 g/mol. The van der Waals surface area contributed by atoms with Crippen LogP contribution in [0.2, 0.25) is 0 Å². The standard InChI is InChI=1S/C19H35N5O.HI/c1-5-20-19(22-13-18-23-16(3)17(4)25-18)21-10-6-7-11-24-12-8-9-15(2)14-24;/h15H,5-14H2,1-4H3,(H2,20,21,22);1H. The lowest BCUT2D eigenvalue weighted by atomic mass is 10.0. The molecule has 1 aromatic rings. The number of nitrogens with one attached hydrogen (secondary N) is 2. The summed E-state index contributed by atoms with van der Waals surface area (Å²) in [4.78, 5) is 11.6. The number of guanidine groups is 1. The van der Waals surface area contributed by atoms with E-state index in [0.717, 1.165) is 42.8 Å². The molecule has 0 aliphatic carbocycles. The van der Waals surface area contributed by atoms with Crippen LogP contribution in [0.5, 0.6) is 0 Å².